The van der Waals surface area contributed by atoms with E-state index in [9.17, 15) is 32.7 Å². The van der Waals surface area contributed by atoms with Gasteiger partial charge < -0.3 is 25.6 Å². The summed E-state index contributed by atoms with van der Waals surface area (Å²) in [7, 11) is 0. The predicted molar refractivity (Wildman–Crippen MR) is 166 cm³/mol. The fourth-order valence-electron chi connectivity index (χ4n) is 5.52. The van der Waals surface area contributed by atoms with Crippen LogP contribution in [0.5, 0.6) is 5.75 Å². The van der Waals surface area contributed by atoms with E-state index >= 15 is 0 Å². The Morgan fingerprint density at radius 2 is 1.57 bits per heavy atom. The number of nitrogens with zero attached hydrogens (tertiary/aromatic N) is 1. The van der Waals surface area contributed by atoms with Gasteiger partial charge in [-0.1, -0.05) is 62.6 Å². The zero-order chi connectivity index (χ0) is 33.3. The fourth-order valence-corrected chi connectivity index (χ4v) is 5.52. The number of carboxylic acids is 1. The van der Waals surface area contributed by atoms with Gasteiger partial charge >= 0.3 is 18.4 Å². The highest BCUT2D eigenvalue weighted by molar-refractivity contribution is 5.95. The van der Waals surface area contributed by atoms with Crippen LogP contribution in [0.15, 0.2) is 72.8 Å². The molecular formula is C34H38F3N3O6. The summed E-state index contributed by atoms with van der Waals surface area (Å²) in [5.74, 6) is -1.88. The smallest absolute Gasteiger partial charge is 0.479 e. The number of aliphatic hydroxyl groups excluding tert-OH is 1. The van der Waals surface area contributed by atoms with Gasteiger partial charge in [-0.15, -0.1) is 13.2 Å². The first-order valence-electron chi connectivity index (χ1n) is 15.2. The monoisotopic (exact) mass is 641 g/mol. The van der Waals surface area contributed by atoms with Crippen LogP contribution in [0.2, 0.25) is 0 Å². The normalized spacial score (nSPS) is 15.0. The Bertz CT molecular complexity index is 1460. The van der Waals surface area contributed by atoms with Crippen molar-refractivity contribution in [2.24, 2.45) is 0 Å². The summed E-state index contributed by atoms with van der Waals surface area (Å²) in [5.41, 5.74) is 3.43. The Morgan fingerprint density at radius 1 is 0.935 bits per heavy atom. The minimum Gasteiger partial charge on any atom is -0.479 e. The highest BCUT2D eigenvalue weighted by Gasteiger charge is 2.31. The molecule has 0 spiro atoms. The Labute approximate surface area is 265 Å². The zero-order valence-corrected chi connectivity index (χ0v) is 25.4. The number of halogens is 3. The van der Waals surface area contributed by atoms with E-state index in [1.807, 2.05) is 31.2 Å². The van der Waals surface area contributed by atoms with Crippen LogP contribution in [0.1, 0.15) is 84.5 Å². The molecule has 1 unspecified atom stereocenters. The second-order valence-electron chi connectivity index (χ2n) is 11.3. The van der Waals surface area contributed by atoms with Crippen LogP contribution in [-0.4, -0.2) is 47.1 Å². The lowest BCUT2D eigenvalue weighted by Crippen LogP contribution is -2.41. The van der Waals surface area contributed by atoms with Crippen molar-refractivity contribution in [1.29, 1.82) is 0 Å². The number of carboxylic acid groups (broad SMARTS) is 1. The molecule has 0 aliphatic heterocycles. The molecule has 46 heavy (non-hydrogen) atoms. The zero-order valence-electron chi connectivity index (χ0n) is 25.4. The highest BCUT2D eigenvalue weighted by Crippen LogP contribution is 2.34. The van der Waals surface area contributed by atoms with Gasteiger partial charge in [0.1, 0.15) is 5.75 Å². The molecule has 3 aromatic rings. The van der Waals surface area contributed by atoms with E-state index in [0.29, 0.717) is 29.2 Å². The van der Waals surface area contributed by atoms with Crippen LogP contribution in [0.25, 0.3) is 0 Å². The maximum absolute atomic E-state index is 13.8. The molecule has 0 saturated heterocycles. The molecular weight excluding hydrogens is 603 g/mol. The summed E-state index contributed by atoms with van der Waals surface area (Å²) in [6, 6.07) is 18.8. The summed E-state index contributed by atoms with van der Waals surface area (Å²) in [6.07, 6.45) is -0.180. The number of alkyl halides is 3. The molecule has 1 aliphatic carbocycles. The van der Waals surface area contributed by atoms with Gasteiger partial charge in [0.25, 0.3) is 5.91 Å². The summed E-state index contributed by atoms with van der Waals surface area (Å²) >= 11 is 0. The molecule has 9 nitrogen and oxygen atoms in total. The first-order chi connectivity index (χ1) is 21.9. The van der Waals surface area contributed by atoms with Gasteiger partial charge in [0.15, 0.2) is 6.10 Å². The minimum absolute atomic E-state index is 0.142. The van der Waals surface area contributed by atoms with Crippen molar-refractivity contribution in [3.8, 4) is 5.75 Å². The molecule has 0 radical (unpaired) electrons. The van der Waals surface area contributed by atoms with Gasteiger partial charge in [0.05, 0.1) is 19.1 Å². The number of ether oxygens (including phenoxy) is 1. The van der Waals surface area contributed by atoms with E-state index < -0.39 is 43.0 Å². The van der Waals surface area contributed by atoms with Crippen molar-refractivity contribution < 1.29 is 42.5 Å². The number of amides is 3. The molecule has 1 saturated carbocycles. The third-order valence-electron chi connectivity index (χ3n) is 8.05. The lowest BCUT2D eigenvalue weighted by molar-refractivity contribution is -0.274. The summed E-state index contributed by atoms with van der Waals surface area (Å²) in [6.45, 7) is 1.55. The minimum atomic E-state index is -4.81. The Kier molecular flexibility index (Phi) is 11.6. The average molecular weight is 642 g/mol. The van der Waals surface area contributed by atoms with Crippen molar-refractivity contribution in [2.45, 2.75) is 76.4 Å². The van der Waals surface area contributed by atoms with Gasteiger partial charge in [0, 0.05) is 11.3 Å². The fraction of sp³-hybridized carbons (Fsp3) is 0.382. The number of rotatable bonds is 12. The van der Waals surface area contributed by atoms with Crippen molar-refractivity contribution >= 4 is 23.6 Å². The lowest BCUT2D eigenvalue weighted by Gasteiger charge is -2.28. The van der Waals surface area contributed by atoms with E-state index in [4.69, 9.17) is 5.11 Å². The molecule has 1 fully saturated rings. The quantitative estimate of drug-likeness (QED) is 0.175. The van der Waals surface area contributed by atoms with Gasteiger partial charge in [-0.05, 0) is 78.3 Å². The molecule has 0 heterocycles. The molecule has 0 aromatic heterocycles. The van der Waals surface area contributed by atoms with Crippen molar-refractivity contribution in [3.05, 3.63) is 95.1 Å². The van der Waals surface area contributed by atoms with Crippen molar-refractivity contribution in [1.82, 2.24) is 10.6 Å². The molecule has 246 valence electrons. The number of carbonyl (C=O) groups is 3. The van der Waals surface area contributed by atoms with Crippen LogP contribution in [0.4, 0.5) is 23.7 Å². The Hall–Kier alpha value is -4.58. The third-order valence-corrected chi connectivity index (χ3v) is 8.05. The first kappa shape index (κ1) is 34.3. The second-order valence-corrected chi connectivity index (χ2v) is 11.3. The largest absolute Gasteiger partial charge is 0.573 e. The molecule has 3 amide bonds. The van der Waals surface area contributed by atoms with Crippen LogP contribution in [-0.2, 0) is 11.3 Å². The number of aliphatic hydroxyl groups is 1. The lowest BCUT2D eigenvalue weighted by atomic mass is 9.84. The van der Waals surface area contributed by atoms with Crippen LogP contribution in [0.3, 0.4) is 0 Å². The topological polar surface area (TPSA) is 128 Å². The van der Waals surface area contributed by atoms with Gasteiger partial charge in [-0.3, -0.25) is 9.69 Å². The standard InChI is InChI=1S/C34H38F3N3O6/c1-2-29(25-14-18-28(19-15-25)46-34(35,36)37)39-33(45)40(27-16-12-24(13-17-27)23-6-4-3-5-7-23)21-22-8-10-26(11-9-22)31(42)38-20-30(41)32(43)44/h8-19,23,29-30,41H,2-7,20-21H2,1H3,(H,38,42)(H,39,45)(H,43,44)/t29?,30-/m1/s1. The number of benzene rings is 3. The van der Waals surface area contributed by atoms with Gasteiger partial charge in [-0.25, -0.2) is 9.59 Å². The molecule has 4 N–H and O–H groups in total. The number of urea groups is 1. The summed E-state index contributed by atoms with van der Waals surface area (Å²) in [4.78, 5) is 38.6. The van der Waals surface area contributed by atoms with Crippen LogP contribution >= 0.6 is 0 Å². The average Bonchev–Trinajstić information content (AvgIpc) is 3.05. The van der Waals surface area contributed by atoms with E-state index in [2.05, 4.69) is 15.4 Å². The van der Waals surface area contributed by atoms with E-state index in [0.717, 1.165) is 12.8 Å². The van der Waals surface area contributed by atoms with Crippen LogP contribution in [0, 0.1) is 0 Å². The number of aliphatic carboxylic acids is 1. The van der Waals surface area contributed by atoms with Crippen molar-refractivity contribution in [3.63, 3.8) is 0 Å². The SMILES string of the molecule is CCC(NC(=O)N(Cc1ccc(C(=O)NC[C@@H](O)C(=O)O)cc1)c1ccc(C2CCCCC2)cc1)c1ccc(OC(F)(F)F)cc1. The number of anilines is 1. The Balaban J connectivity index is 1.53. The van der Waals surface area contributed by atoms with Crippen LogP contribution < -0.4 is 20.3 Å². The first-order valence-corrected chi connectivity index (χ1v) is 15.2. The summed E-state index contributed by atoms with van der Waals surface area (Å²) < 4.78 is 41.8. The maximum Gasteiger partial charge on any atom is 0.573 e. The molecule has 1 aliphatic rings. The van der Waals surface area contributed by atoms with E-state index in [1.165, 1.54) is 49.1 Å². The Morgan fingerprint density at radius 3 is 2.13 bits per heavy atom. The highest BCUT2D eigenvalue weighted by atomic mass is 19.4. The number of hydrogen-bond donors (Lipinski definition) is 4. The summed E-state index contributed by atoms with van der Waals surface area (Å²) in [5, 5.41) is 23.6. The number of nitrogens with one attached hydrogen (secondary N) is 2. The van der Waals surface area contributed by atoms with E-state index in [-0.39, 0.29) is 17.9 Å². The molecule has 3 aromatic carbocycles. The predicted octanol–water partition coefficient (Wildman–Crippen LogP) is 6.68. The molecule has 12 heteroatoms. The molecule has 0 bridgehead atoms. The second kappa shape index (κ2) is 15.6. The third kappa shape index (κ3) is 9.71. The van der Waals surface area contributed by atoms with E-state index in [1.54, 1.807) is 29.2 Å². The maximum atomic E-state index is 13.8. The van der Waals surface area contributed by atoms with Crippen molar-refractivity contribution in [2.75, 3.05) is 11.4 Å². The number of carbonyl (C=O) groups excluding carboxylic acids is 2. The van der Waals surface area contributed by atoms with Gasteiger partial charge in [-0.2, -0.15) is 0 Å². The molecule has 2 atom stereocenters. The molecule has 4 rings (SSSR count). The van der Waals surface area contributed by atoms with Gasteiger partial charge in [0.2, 0.25) is 0 Å². The number of hydrogen-bond acceptors (Lipinski definition) is 5.